The zero-order valence-electron chi connectivity index (χ0n) is 9.83. The smallest absolute Gasteiger partial charge is 0.228 e. The van der Waals surface area contributed by atoms with Gasteiger partial charge in [0.05, 0.1) is 9.70 Å². The third kappa shape index (κ3) is 3.53. The number of nitrogens with one attached hydrogen (secondary N) is 2. The number of hydrogen-bond donors (Lipinski definition) is 2. The van der Waals surface area contributed by atoms with E-state index in [4.69, 9.17) is 0 Å². The first-order valence-corrected chi connectivity index (χ1v) is 7.54. The second kappa shape index (κ2) is 5.98. The Kier molecular flexibility index (Phi) is 4.59. The van der Waals surface area contributed by atoms with E-state index in [0.29, 0.717) is 6.04 Å². The van der Waals surface area contributed by atoms with E-state index in [1.807, 2.05) is 19.1 Å². The molecule has 3 nitrogen and oxygen atoms in total. The van der Waals surface area contributed by atoms with Gasteiger partial charge in [-0.25, -0.2) is 0 Å². The van der Waals surface area contributed by atoms with Crippen molar-refractivity contribution in [3.8, 4) is 0 Å². The Balaban J connectivity index is 1.90. The Morgan fingerprint density at radius 2 is 2.47 bits per heavy atom. The second-order valence-electron chi connectivity index (χ2n) is 4.42. The van der Waals surface area contributed by atoms with E-state index in [1.54, 1.807) is 11.3 Å². The Morgan fingerprint density at radius 1 is 1.65 bits per heavy atom. The molecule has 0 bridgehead atoms. The van der Waals surface area contributed by atoms with Crippen LogP contribution in [-0.2, 0) is 4.79 Å². The highest BCUT2D eigenvalue weighted by Crippen LogP contribution is 2.28. The first-order valence-electron chi connectivity index (χ1n) is 5.93. The first kappa shape index (κ1) is 13.1. The highest BCUT2D eigenvalue weighted by molar-refractivity contribution is 9.11. The third-order valence-electron chi connectivity index (χ3n) is 3.06. The van der Waals surface area contributed by atoms with Crippen LogP contribution in [0.4, 0.5) is 0 Å². The van der Waals surface area contributed by atoms with Crippen molar-refractivity contribution in [3.63, 3.8) is 0 Å². The largest absolute Gasteiger partial charge is 0.352 e. The molecule has 2 rings (SSSR count). The Labute approximate surface area is 114 Å². The van der Waals surface area contributed by atoms with Crippen LogP contribution < -0.4 is 10.6 Å². The number of amides is 1. The fourth-order valence-electron chi connectivity index (χ4n) is 1.99. The van der Waals surface area contributed by atoms with Crippen LogP contribution >= 0.6 is 27.3 Å². The number of piperidine rings is 1. The van der Waals surface area contributed by atoms with Gasteiger partial charge >= 0.3 is 0 Å². The predicted octanol–water partition coefficient (Wildman–Crippen LogP) is 2.48. The van der Waals surface area contributed by atoms with Crippen LogP contribution in [-0.4, -0.2) is 25.0 Å². The van der Waals surface area contributed by atoms with Crippen molar-refractivity contribution in [2.24, 2.45) is 0 Å². The lowest BCUT2D eigenvalue weighted by Gasteiger charge is -2.25. The van der Waals surface area contributed by atoms with Gasteiger partial charge in [-0.05, 0) is 54.4 Å². The maximum atomic E-state index is 12.1. The average Bonchev–Trinajstić information content (AvgIpc) is 2.76. The van der Waals surface area contributed by atoms with Gasteiger partial charge in [-0.3, -0.25) is 4.79 Å². The van der Waals surface area contributed by atoms with Crippen molar-refractivity contribution in [1.29, 1.82) is 0 Å². The van der Waals surface area contributed by atoms with Crippen molar-refractivity contribution in [1.82, 2.24) is 10.6 Å². The third-order valence-corrected chi connectivity index (χ3v) is 4.86. The lowest BCUT2D eigenvalue weighted by molar-refractivity contribution is -0.122. The van der Waals surface area contributed by atoms with E-state index >= 15 is 0 Å². The van der Waals surface area contributed by atoms with Gasteiger partial charge in [0, 0.05) is 17.5 Å². The van der Waals surface area contributed by atoms with Crippen LogP contribution in [0.1, 0.15) is 30.6 Å². The molecule has 2 atom stereocenters. The van der Waals surface area contributed by atoms with Gasteiger partial charge in [0.2, 0.25) is 5.91 Å². The quantitative estimate of drug-likeness (QED) is 0.899. The van der Waals surface area contributed by atoms with Gasteiger partial charge in [0.25, 0.3) is 0 Å². The normalized spacial score (nSPS) is 22.1. The van der Waals surface area contributed by atoms with Crippen molar-refractivity contribution in [2.45, 2.75) is 31.7 Å². The summed E-state index contributed by atoms with van der Waals surface area (Å²) in [5.74, 6) is 0.0706. The fraction of sp³-hybridized carbons (Fsp3) is 0.583. The Hall–Kier alpha value is -0.390. The highest BCUT2D eigenvalue weighted by atomic mass is 79.9. The summed E-state index contributed by atoms with van der Waals surface area (Å²) in [4.78, 5) is 13.2. The van der Waals surface area contributed by atoms with Crippen molar-refractivity contribution < 1.29 is 4.79 Å². The summed E-state index contributed by atoms with van der Waals surface area (Å²) in [6, 6.07) is 4.30. The molecule has 1 aromatic heterocycles. The minimum Gasteiger partial charge on any atom is -0.352 e. The molecule has 2 N–H and O–H groups in total. The Bertz CT molecular complexity index is 388. The summed E-state index contributed by atoms with van der Waals surface area (Å²) in [6.45, 7) is 3.93. The molecule has 1 aliphatic rings. The average molecular weight is 317 g/mol. The molecule has 0 aromatic carbocycles. The molecule has 1 saturated heterocycles. The number of thiophene rings is 1. The zero-order chi connectivity index (χ0) is 12.3. The van der Waals surface area contributed by atoms with Crippen LogP contribution in [0.2, 0.25) is 0 Å². The molecular weight excluding hydrogens is 300 g/mol. The van der Waals surface area contributed by atoms with E-state index in [2.05, 4.69) is 26.6 Å². The minimum atomic E-state index is -0.0618. The second-order valence-corrected chi connectivity index (χ2v) is 6.91. The van der Waals surface area contributed by atoms with E-state index < -0.39 is 0 Å². The molecule has 5 heteroatoms. The number of carbonyl (C=O) groups is 1. The van der Waals surface area contributed by atoms with Crippen LogP contribution in [0.15, 0.2) is 15.9 Å². The summed E-state index contributed by atoms with van der Waals surface area (Å²) in [5.41, 5.74) is 0. The molecule has 2 heterocycles. The monoisotopic (exact) mass is 316 g/mol. The highest BCUT2D eigenvalue weighted by Gasteiger charge is 2.21. The van der Waals surface area contributed by atoms with Gasteiger partial charge in [-0.1, -0.05) is 0 Å². The van der Waals surface area contributed by atoms with Crippen LogP contribution in [0, 0.1) is 0 Å². The molecule has 94 valence electrons. The molecule has 0 spiro atoms. The van der Waals surface area contributed by atoms with Gasteiger partial charge < -0.3 is 10.6 Å². The van der Waals surface area contributed by atoms with Gasteiger partial charge in [-0.15, -0.1) is 11.3 Å². The molecule has 0 saturated carbocycles. The lowest BCUT2D eigenvalue weighted by atomic mass is 10.1. The van der Waals surface area contributed by atoms with Gasteiger partial charge in [0.15, 0.2) is 0 Å². The molecule has 1 aromatic rings. The fourth-order valence-corrected chi connectivity index (χ4v) is 3.47. The SMILES string of the molecule is CC(C(=O)N[C@H]1CCCNC1)c1ccc(Br)s1. The van der Waals surface area contributed by atoms with Gasteiger partial charge in [0.1, 0.15) is 0 Å². The number of halogens is 1. The van der Waals surface area contributed by atoms with Crippen LogP contribution in [0.25, 0.3) is 0 Å². The molecule has 1 aliphatic heterocycles. The molecule has 1 amide bonds. The number of rotatable bonds is 3. The number of carbonyl (C=O) groups excluding carboxylic acids is 1. The minimum absolute atomic E-state index is 0.0618. The van der Waals surface area contributed by atoms with Gasteiger partial charge in [-0.2, -0.15) is 0 Å². The molecule has 0 aliphatic carbocycles. The van der Waals surface area contributed by atoms with Crippen molar-refractivity contribution >= 4 is 33.2 Å². The van der Waals surface area contributed by atoms with Crippen LogP contribution in [0.5, 0.6) is 0 Å². The predicted molar refractivity (Wildman–Crippen MR) is 74.5 cm³/mol. The van der Waals surface area contributed by atoms with Crippen molar-refractivity contribution in [3.05, 3.63) is 20.8 Å². The van der Waals surface area contributed by atoms with Crippen molar-refractivity contribution in [2.75, 3.05) is 13.1 Å². The summed E-state index contributed by atoms with van der Waals surface area (Å²) < 4.78 is 1.08. The zero-order valence-corrected chi connectivity index (χ0v) is 12.2. The summed E-state index contributed by atoms with van der Waals surface area (Å²) >= 11 is 5.05. The Morgan fingerprint density at radius 3 is 3.06 bits per heavy atom. The molecule has 1 unspecified atom stereocenters. The summed E-state index contributed by atoms with van der Waals surface area (Å²) in [7, 11) is 0. The maximum absolute atomic E-state index is 12.1. The van der Waals surface area contributed by atoms with E-state index in [-0.39, 0.29) is 11.8 Å². The first-order chi connectivity index (χ1) is 8.16. The number of hydrogen-bond acceptors (Lipinski definition) is 3. The topological polar surface area (TPSA) is 41.1 Å². The summed E-state index contributed by atoms with van der Waals surface area (Å²) in [5, 5.41) is 6.42. The molecule has 17 heavy (non-hydrogen) atoms. The molecular formula is C12H17BrN2OS. The molecule has 0 radical (unpaired) electrons. The van der Waals surface area contributed by atoms with E-state index in [9.17, 15) is 4.79 Å². The standard InChI is InChI=1S/C12H17BrN2OS/c1-8(10-4-5-11(13)17-10)12(16)15-9-3-2-6-14-7-9/h4-5,8-9,14H,2-3,6-7H2,1H3,(H,15,16)/t8?,9-/m0/s1. The molecule has 1 fully saturated rings. The van der Waals surface area contributed by atoms with Crippen LogP contribution in [0.3, 0.4) is 0 Å². The van der Waals surface area contributed by atoms with E-state index in [1.165, 1.54) is 0 Å². The lowest BCUT2D eigenvalue weighted by Crippen LogP contribution is -2.46. The summed E-state index contributed by atoms with van der Waals surface area (Å²) in [6.07, 6.45) is 2.23. The maximum Gasteiger partial charge on any atom is 0.228 e. The van der Waals surface area contributed by atoms with E-state index in [0.717, 1.165) is 34.6 Å².